The smallest absolute Gasteiger partial charge is 0.337 e. The van der Waals surface area contributed by atoms with Crippen molar-refractivity contribution in [2.24, 2.45) is 5.14 Å². The van der Waals surface area contributed by atoms with E-state index in [1.165, 1.54) is 18.2 Å². The summed E-state index contributed by atoms with van der Waals surface area (Å²) in [4.78, 5) is 22.9. The Hall–Kier alpha value is -2.19. The number of hydrogen-bond acceptors (Lipinski definition) is 4. The number of benzene rings is 1. The van der Waals surface area contributed by atoms with Gasteiger partial charge in [0.15, 0.2) is 0 Å². The van der Waals surface area contributed by atoms with Crippen molar-refractivity contribution < 1.29 is 18.3 Å². The average molecular weight is 268 g/mol. The summed E-state index contributed by atoms with van der Waals surface area (Å²) in [6, 6.07) is 5.82. The van der Waals surface area contributed by atoms with Gasteiger partial charge in [-0.25, -0.2) is 9.93 Å². The number of nitrogens with two attached hydrogens (primary N) is 1. The number of carboxylic acid groups (broad SMARTS) is 1. The molecule has 0 aliphatic rings. The quantitative estimate of drug-likeness (QED) is 0.778. The molecule has 0 fully saturated rings. The lowest BCUT2D eigenvalue weighted by atomic mass is 10.1. The maximum atomic E-state index is 11.9. The average Bonchev–Trinajstić information content (AvgIpc) is 2.27. The second kappa shape index (κ2) is 3.93. The monoisotopic (exact) mass is 268 g/mol. The van der Waals surface area contributed by atoms with Gasteiger partial charge < -0.3 is 5.11 Å². The van der Waals surface area contributed by atoms with Gasteiger partial charge in [-0.1, -0.05) is 18.2 Å². The van der Waals surface area contributed by atoms with Crippen LogP contribution in [0.4, 0.5) is 0 Å². The van der Waals surface area contributed by atoms with Crippen molar-refractivity contribution in [3.63, 3.8) is 0 Å². The van der Waals surface area contributed by atoms with E-state index in [4.69, 9.17) is 10.2 Å². The predicted molar refractivity (Wildman–Crippen MR) is 63.7 cm³/mol. The van der Waals surface area contributed by atoms with Crippen molar-refractivity contribution in [3.05, 3.63) is 46.4 Å². The summed E-state index contributed by atoms with van der Waals surface area (Å²) in [7, 11) is -4.34. The van der Waals surface area contributed by atoms with Crippen LogP contribution in [0.2, 0.25) is 0 Å². The highest BCUT2D eigenvalue weighted by Gasteiger charge is 2.17. The molecule has 7 nitrogen and oxygen atoms in total. The summed E-state index contributed by atoms with van der Waals surface area (Å²) < 4.78 is 22.7. The zero-order valence-electron chi connectivity index (χ0n) is 8.90. The van der Waals surface area contributed by atoms with Crippen LogP contribution < -0.4 is 10.7 Å². The first-order chi connectivity index (χ1) is 8.32. The molecule has 2 rings (SSSR count). The summed E-state index contributed by atoms with van der Waals surface area (Å²) in [5.41, 5.74) is -1.18. The first kappa shape index (κ1) is 12.3. The Bertz CT molecular complexity index is 807. The molecule has 0 unspecified atom stereocenters. The van der Waals surface area contributed by atoms with E-state index >= 15 is 0 Å². The van der Waals surface area contributed by atoms with Crippen LogP contribution in [0.1, 0.15) is 10.4 Å². The fraction of sp³-hybridized carbons (Fsp3) is 0. The number of aromatic nitrogens is 1. The van der Waals surface area contributed by atoms with Gasteiger partial charge in [0, 0.05) is 17.0 Å². The van der Waals surface area contributed by atoms with Gasteiger partial charge in [0.2, 0.25) is 0 Å². The lowest BCUT2D eigenvalue weighted by molar-refractivity contribution is 0.0698. The lowest BCUT2D eigenvalue weighted by Gasteiger charge is -2.07. The molecular formula is C10H8N2O5S. The van der Waals surface area contributed by atoms with Crippen LogP contribution in [0, 0.1) is 0 Å². The van der Waals surface area contributed by atoms with Gasteiger partial charge in [0.1, 0.15) is 0 Å². The summed E-state index contributed by atoms with van der Waals surface area (Å²) in [5.74, 6) is -1.34. The van der Waals surface area contributed by atoms with Gasteiger partial charge in [-0.2, -0.15) is 12.4 Å². The standard InChI is InChI=1S/C10H8N2O5S/c11-18(16,17)12-5-8(10(14)15)6-3-1-2-4-7(6)9(12)13/h1-5H,(H,14,15)(H2,11,16,17). The SMILES string of the molecule is NS(=O)(=O)n1cc(C(=O)O)c2ccccc2c1=O. The molecule has 94 valence electrons. The molecule has 1 aromatic heterocycles. The van der Waals surface area contributed by atoms with Gasteiger partial charge in [-0.05, 0) is 6.07 Å². The first-order valence-corrected chi connectivity index (χ1v) is 6.23. The van der Waals surface area contributed by atoms with E-state index in [0.717, 1.165) is 0 Å². The molecule has 3 N–H and O–H groups in total. The molecule has 0 spiro atoms. The fourth-order valence-electron chi connectivity index (χ4n) is 1.63. The number of pyridine rings is 1. The van der Waals surface area contributed by atoms with Gasteiger partial charge in [0.05, 0.1) is 5.56 Å². The van der Waals surface area contributed by atoms with Crippen LogP contribution >= 0.6 is 0 Å². The molecular weight excluding hydrogens is 260 g/mol. The zero-order chi connectivity index (χ0) is 13.5. The van der Waals surface area contributed by atoms with Gasteiger partial charge in [-0.15, -0.1) is 0 Å². The predicted octanol–water partition coefficient (Wildman–Crippen LogP) is -0.249. The van der Waals surface area contributed by atoms with E-state index in [1.54, 1.807) is 6.07 Å². The number of carboxylic acids is 1. The van der Waals surface area contributed by atoms with Crippen molar-refractivity contribution in [2.45, 2.75) is 0 Å². The molecule has 0 atom stereocenters. The Morgan fingerprint density at radius 1 is 1.22 bits per heavy atom. The second-order valence-electron chi connectivity index (χ2n) is 3.54. The van der Waals surface area contributed by atoms with Crippen LogP contribution in [-0.4, -0.2) is 23.5 Å². The van der Waals surface area contributed by atoms with Crippen LogP contribution in [0.15, 0.2) is 35.3 Å². The Balaban J connectivity index is 3.07. The minimum Gasteiger partial charge on any atom is -0.478 e. The second-order valence-corrected chi connectivity index (χ2v) is 4.96. The third-order valence-electron chi connectivity index (χ3n) is 2.40. The van der Waals surface area contributed by atoms with E-state index in [1.807, 2.05) is 0 Å². The maximum absolute atomic E-state index is 11.9. The molecule has 0 bridgehead atoms. The van der Waals surface area contributed by atoms with E-state index in [2.05, 4.69) is 0 Å². The number of carbonyl (C=O) groups is 1. The third kappa shape index (κ3) is 1.87. The summed E-state index contributed by atoms with van der Waals surface area (Å²) in [6.45, 7) is 0. The topological polar surface area (TPSA) is 119 Å². The number of fused-ring (bicyclic) bond motifs is 1. The first-order valence-electron chi connectivity index (χ1n) is 4.73. The van der Waals surface area contributed by atoms with E-state index in [-0.39, 0.29) is 20.3 Å². The molecule has 0 aliphatic heterocycles. The zero-order valence-corrected chi connectivity index (χ0v) is 9.72. The highest BCUT2D eigenvalue weighted by molar-refractivity contribution is 7.87. The Morgan fingerprint density at radius 3 is 2.28 bits per heavy atom. The number of nitrogens with zero attached hydrogens (tertiary/aromatic N) is 1. The van der Waals surface area contributed by atoms with Crippen LogP contribution in [-0.2, 0) is 10.2 Å². The molecule has 18 heavy (non-hydrogen) atoms. The van der Waals surface area contributed by atoms with Crippen molar-refractivity contribution in [1.82, 2.24) is 3.97 Å². The molecule has 0 radical (unpaired) electrons. The Kier molecular flexibility index (Phi) is 2.68. The lowest BCUT2D eigenvalue weighted by Crippen LogP contribution is -2.33. The Labute approximate surface area is 101 Å². The van der Waals surface area contributed by atoms with Crippen LogP contribution in [0.25, 0.3) is 10.8 Å². The highest BCUT2D eigenvalue weighted by Crippen LogP contribution is 2.15. The van der Waals surface area contributed by atoms with Gasteiger partial charge in [-0.3, -0.25) is 4.79 Å². The van der Waals surface area contributed by atoms with Crippen molar-refractivity contribution >= 4 is 27.0 Å². The minimum atomic E-state index is -4.34. The van der Waals surface area contributed by atoms with Crippen LogP contribution in [0.3, 0.4) is 0 Å². The minimum absolute atomic E-state index is 0.0218. The van der Waals surface area contributed by atoms with E-state index < -0.39 is 21.7 Å². The van der Waals surface area contributed by atoms with Crippen molar-refractivity contribution in [3.8, 4) is 0 Å². The molecule has 0 aliphatic carbocycles. The highest BCUT2D eigenvalue weighted by atomic mass is 32.2. The van der Waals surface area contributed by atoms with Crippen LogP contribution in [0.5, 0.6) is 0 Å². The Morgan fingerprint density at radius 2 is 1.78 bits per heavy atom. The number of hydrogen-bond donors (Lipinski definition) is 2. The molecule has 2 aromatic rings. The van der Waals surface area contributed by atoms with E-state index in [9.17, 15) is 18.0 Å². The maximum Gasteiger partial charge on any atom is 0.337 e. The molecule has 1 aromatic carbocycles. The largest absolute Gasteiger partial charge is 0.478 e. The van der Waals surface area contributed by atoms with Crippen molar-refractivity contribution in [2.75, 3.05) is 0 Å². The van der Waals surface area contributed by atoms with Gasteiger partial charge >= 0.3 is 16.2 Å². The van der Waals surface area contributed by atoms with Gasteiger partial charge in [0.25, 0.3) is 5.56 Å². The summed E-state index contributed by atoms with van der Waals surface area (Å²) >= 11 is 0. The summed E-state index contributed by atoms with van der Waals surface area (Å²) in [6.07, 6.45) is 0.711. The number of aromatic carboxylic acids is 1. The number of rotatable bonds is 2. The molecule has 1 heterocycles. The third-order valence-corrected chi connectivity index (χ3v) is 3.22. The molecule has 0 saturated heterocycles. The molecule has 8 heteroatoms. The molecule has 0 amide bonds. The molecule has 0 saturated carbocycles. The van der Waals surface area contributed by atoms with Crippen molar-refractivity contribution in [1.29, 1.82) is 0 Å². The van der Waals surface area contributed by atoms with E-state index in [0.29, 0.717) is 6.20 Å². The summed E-state index contributed by atoms with van der Waals surface area (Å²) in [5, 5.41) is 14.0. The normalized spacial score (nSPS) is 11.6. The fourth-order valence-corrected chi connectivity index (χ4v) is 2.21.